The summed E-state index contributed by atoms with van der Waals surface area (Å²) in [5.74, 6) is -0.193. The standard InChI is InChI=1S/C18H21BrFN/c1-10-9-11(2)13(4)16(12(10)3)18(21-5)17-14(19)7-6-8-15(17)20/h6-9,18,21H,1-5H3. The Balaban J connectivity index is 2.74. The first-order valence-corrected chi connectivity index (χ1v) is 7.86. The molecule has 0 aliphatic carbocycles. The minimum Gasteiger partial charge on any atom is -0.309 e. The Hall–Kier alpha value is -1.19. The van der Waals surface area contributed by atoms with Crippen LogP contribution in [0.5, 0.6) is 0 Å². The lowest BCUT2D eigenvalue weighted by atomic mass is 9.86. The van der Waals surface area contributed by atoms with Gasteiger partial charge in [0.1, 0.15) is 5.82 Å². The van der Waals surface area contributed by atoms with Crippen molar-refractivity contribution in [2.75, 3.05) is 7.05 Å². The van der Waals surface area contributed by atoms with Crippen molar-refractivity contribution < 1.29 is 4.39 Å². The highest BCUT2D eigenvalue weighted by Gasteiger charge is 2.23. The third kappa shape index (κ3) is 2.90. The van der Waals surface area contributed by atoms with E-state index >= 15 is 0 Å². The molecule has 1 atom stereocenters. The molecule has 0 fully saturated rings. The van der Waals surface area contributed by atoms with E-state index in [4.69, 9.17) is 0 Å². The molecule has 1 N–H and O–H groups in total. The highest BCUT2D eigenvalue weighted by atomic mass is 79.9. The molecule has 21 heavy (non-hydrogen) atoms. The number of halogens is 2. The molecule has 0 aromatic heterocycles. The van der Waals surface area contributed by atoms with E-state index in [-0.39, 0.29) is 11.9 Å². The van der Waals surface area contributed by atoms with Crippen LogP contribution in [0.2, 0.25) is 0 Å². The van der Waals surface area contributed by atoms with Crippen LogP contribution in [0.1, 0.15) is 39.4 Å². The number of aryl methyl sites for hydroxylation is 2. The average Bonchev–Trinajstić information content (AvgIpc) is 2.43. The van der Waals surface area contributed by atoms with Gasteiger partial charge in [0.05, 0.1) is 6.04 Å². The van der Waals surface area contributed by atoms with Crippen LogP contribution in [0.3, 0.4) is 0 Å². The van der Waals surface area contributed by atoms with Crippen molar-refractivity contribution in [3.05, 3.63) is 67.9 Å². The minimum absolute atomic E-state index is 0.167. The summed E-state index contributed by atoms with van der Waals surface area (Å²) in [6.45, 7) is 8.43. The first-order chi connectivity index (χ1) is 9.88. The first-order valence-electron chi connectivity index (χ1n) is 7.07. The molecular formula is C18H21BrFN. The second kappa shape index (κ2) is 6.29. The van der Waals surface area contributed by atoms with Crippen LogP contribution in [0.4, 0.5) is 4.39 Å². The smallest absolute Gasteiger partial charge is 0.129 e. The van der Waals surface area contributed by atoms with Crippen LogP contribution in [-0.2, 0) is 0 Å². The molecule has 2 rings (SSSR count). The molecule has 0 radical (unpaired) electrons. The highest BCUT2D eigenvalue weighted by molar-refractivity contribution is 9.10. The van der Waals surface area contributed by atoms with E-state index in [0.29, 0.717) is 5.56 Å². The fourth-order valence-corrected chi connectivity index (χ4v) is 3.47. The summed E-state index contributed by atoms with van der Waals surface area (Å²) in [5.41, 5.74) is 6.74. The lowest BCUT2D eigenvalue weighted by Crippen LogP contribution is -2.22. The molecule has 3 heteroatoms. The Kier molecular flexibility index (Phi) is 4.84. The van der Waals surface area contributed by atoms with E-state index in [9.17, 15) is 4.39 Å². The maximum atomic E-state index is 14.4. The van der Waals surface area contributed by atoms with E-state index in [1.54, 1.807) is 6.07 Å². The summed E-state index contributed by atoms with van der Waals surface area (Å²) in [6, 6.07) is 7.14. The highest BCUT2D eigenvalue weighted by Crippen LogP contribution is 2.35. The van der Waals surface area contributed by atoms with Crippen molar-refractivity contribution in [2.45, 2.75) is 33.7 Å². The third-order valence-electron chi connectivity index (χ3n) is 4.29. The van der Waals surface area contributed by atoms with E-state index < -0.39 is 0 Å². The van der Waals surface area contributed by atoms with Gasteiger partial charge in [0.25, 0.3) is 0 Å². The van der Waals surface area contributed by atoms with Crippen LogP contribution in [0.25, 0.3) is 0 Å². The number of nitrogens with one attached hydrogen (secondary N) is 1. The fourth-order valence-electron chi connectivity index (χ4n) is 2.90. The van der Waals surface area contributed by atoms with Crippen molar-refractivity contribution in [1.29, 1.82) is 0 Å². The Morgan fingerprint density at radius 2 is 1.57 bits per heavy atom. The summed E-state index contributed by atoms with van der Waals surface area (Å²) in [5, 5.41) is 3.28. The van der Waals surface area contributed by atoms with E-state index in [0.717, 1.165) is 4.47 Å². The molecule has 0 heterocycles. The Morgan fingerprint density at radius 1 is 1.00 bits per heavy atom. The van der Waals surface area contributed by atoms with Gasteiger partial charge in [0.2, 0.25) is 0 Å². The predicted molar refractivity (Wildman–Crippen MR) is 90.4 cm³/mol. The normalized spacial score (nSPS) is 12.5. The van der Waals surface area contributed by atoms with Gasteiger partial charge in [-0.25, -0.2) is 4.39 Å². The first kappa shape index (κ1) is 16.2. The zero-order valence-electron chi connectivity index (χ0n) is 13.1. The van der Waals surface area contributed by atoms with Crippen molar-refractivity contribution in [1.82, 2.24) is 5.32 Å². The van der Waals surface area contributed by atoms with E-state index in [1.165, 1.54) is 33.9 Å². The molecule has 0 aliphatic heterocycles. The van der Waals surface area contributed by atoms with Crippen molar-refractivity contribution in [3.8, 4) is 0 Å². The molecule has 0 spiro atoms. The van der Waals surface area contributed by atoms with Gasteiger partial charge in [-0.2, -0.15) is 0 Å². The summed E-state index contributed by atoms with van der Waals surface area (Å²) >= 11 is 3.49. The van der Waals surface area contributed by atoms with Gasteiger partial charge in [0, 0.05) is 10.0 Å². The molecule has 1 unspecified atom stereocenters. The lowest BCUT2D eigenvalue weighted by Gasteiger charge is -2.25. The molecular weight excluding hydrogens is 329 g/mol. The van der Waals surface area contributed by atoms with Gasteiger partial charge < -0.3 is 5.32 Å². The van der Waals surface area contributed by atoms with Crippen LogP contribution in [-0.4, -0.2) is 7.05 Å². The Morgan fingerprint density at radius 3 is 2.05 bits per heavy atom. The molecule has 112 valence electrons. The van der Waals surface area contributed by atoms with Gasteiger partial charge in [0.15, 0.2) is 0 Å². The summed E-state index contributed by atoms with van der Waals surface area (Å²) in [7, 11) is 1.88. The second-order valence-electron chi connectivity index (χ2n) is 5.53. The van der Waals surface area contributed by atoms with Crippen molar-refractivity contribution in [2.24, 2.45) is 0 Å². The largest absolute Gasteiger partial charge is 0.309 e. The molecule has 0 aliphatic rings. The predicted octanol–water partition coefficient (Wildman–Crippen LogP) is 5.13. The van der Waals surface area contributed by atoms with E-state index in [1.807, 2.05) is 13.1 Å². The number of hydrogen-bond acceptors (Lipinski definition) is 1. The van der Waals surface area contributed by atoms with E-state index in [2.05, 4.69) is 55.0 Å². The zero-order valence-corrected chi connectivity index (χ0v) is 14.7. The minimum atomic E-state index is -0.193. The maximum Gasteiger partial charge on any atom is 0.129 e. The lowest BCUT2D eigenvalue weighted by molar-refractivity contribution is 0.571. The van der Waals surface area contributed by atoms with Gasteiger partial charge in [-0.05, 0) is 74.7 Å². The molecule has 2 aromatic carbocycles. The van der Waals surface area contributed by atoms with Gasteiger partial charge >= 0.3 is 0 Å². The zero-order chi connectivity index (χ0) is 15.7. The number of rotatable bonds is 3. The summed E-state index contributed by atoms with van der Waals surface area (Å²) < 4.78 is 15.2. The number of benzene rings is 2. The van der Waals surface area contributed by atoms with Crippen LogP contribution in [0.15, 0.2) is 28.7 Å². The average molecular weight is 350 g/mol. The third-order valence-corrected chi connectivity index (χ3v) is 4.98. The molecule has 0 bridgehead atoms. The number of hydrogen-bond donors (Lipinski definition) is 1. The van der Waals surface area contributed by atoms with Crippen LogP contribution >= 0.6 is 15.9 Å². The Bertz CT molecular complexity index is 633. The maximum absolute atomic E-state index is 14.4. The molecule has 2 aromatic rings. The molecule has 0 amide bonds. The van der Waals surface area contributed by atoms with Gasteiger partial charge in [-0.1, -0.05) is 28.1 Å². The van der Waals surface area contributed by atoms with Crippen LogP contribution < -0.4 is 5.32 Å². The molecule has 1 nitrogen and oxygen atoms in total. The molecule has 0 saturated heterocycles. The topological polar surface area (TPSA) is 12.0 Å². The summed E-state index contributed by atoms with van der Waals surface area (Å²) in [4.78, 5) is 0. The second-order valence-corrected chi connectivity index (χ2v) is 6.39. The van der Waals surface area contributed by atoms with Crippen molar-refractivity contribution >= 4 is 15.9 Å². The van der Waals surface area contributed by atoms with Gasteiger partial charge in [-0.3, -0.25) is 0 Å². The quantitative estimate of drug-likeness (QED) is 0.809. The SMILES string of the molecule is CNC(c1c(F)cccc1Br)c1c(C)c(C)cc(C)c1C. The fraction of sp³-hybridized carbons (Fsp3) is 0.333. The summed E-state index contributed by atoms with van der Waals surface area (Å²) in [6.07, 6.45) is 0. The molecule has 0 saturated carbocycles. The Labute approximate surface area is 134 Å². The van der Waals surface area contributed by atoms with Crippen molar-refractivity contribution in [3.63, 3.8) is 0 Å². The monoisotopic (exact) mass is 349 g/mol. The van der Waals surface area contributed by atoms with Gasteiger partial charge in [-0.15, -0.1) is 0 Å². The van der Waals surface area contributed by atoms with Crippen LogP contribution in [0, 0.1) is 33.5 Å².